The summed E-state index contributed by atoms with van der Waals surface area (Å²) in [5, 5.41) is 0.316. The van der Waals surface area contributed by atoms with E-state index in [1.807, 2.05) is 0 Å². The van der Waals surface area contributed by atoms with Gasteiger partial charge in [-0.25, -0.2) is 4.39 Å². The van der Waals surface area contributed by atoms with Crippen LogP contribution in [0, 0.1) is 30.9 Å². The van der Waals surface area contributed by atoms with Crippen molar-refractivity contribution >= 4 is 21.9 Å². The summed E-state index contributed by atoms with van der Waals surface area (Å²) in [4.78, 5) is 13.1. The minimum absolute atomic E-state index is 0. The molecule has 0 amide bonds. The summed E-state index contributed by atoms with van der Waals surface area (Å²) in [6.45, 7) is -3.07. The van der Waals surface area contributed by atoms with Crippen LogP contribution in [-0.2, 0) is 58.3 Å². The molecule has 0 saturated heterocycles. The van der Waals surface area contributed by atoms with E-state index < -0.39 is 120 Å². The molecule has 0 atom stereocenters. The molecule has 0 aliphatic heterocycles. The van der Waals surface area contributed by atoms with Gasteiger partial charge in [0.25, 0.3) is 0 Å². The monoisotopic (exact) mass is 1030 g/mol. The number of fused-ring (bicyclic) bond motifs is 3. The standard InChI is InChI=1S/C58H43FN3O.Ir/c1-39-15-26-48(27-16-39)56-52(59)29-28-50-49-13-8-14-51(57(49)63-58(50)56)55-32-25-42(38-62-55)19-22-45-34-43(20-17-40-23-30-53(60-36-40)46-9-4-2-5-10-46)33-44(35-45)21-18-41-24-31-54(61-37-41)47-11-6-3-7-12-47;/h2-9,11,13,15-16,23-38H,17-22H2,1H3;/q-3;+3/i1D3,15D,16D,17D2,18D2,19D2,20D2,21D2,22D2,26D,27D,29D;. The smallest absolute Gasteiger partial charge is 0.500 e. The van der Waals surface area contributed by atoms with Crippen molar-refractivity contribution in [3.8, 4) is 44.9 Å². The first-order valence-corrected chi connectivity index (χ1v) is 19.5. The molecule has 0 aliphatic rings. The van der Waals surface area contributed by atoms with Crippen LogP contribution in [0.1, 0.15) is 66.4 Å². The van der Waals surface area contributed by atoms with Gasteiger partial charge in [-0.3, -0.25) is 0 Å². The Morgan fingerprint density at radius 1 is 0.547 bits per heavy atom. The average Bonchev–Trinajstić information content (AvgIpc) is 1.35. The van der Waals surface area contributed by atoms with Crippen molar-refractivity contribution in [2.45, 2.75) is 45.1 Å². The Bertz CT molecular complexity index is 3990. The van der Waals surface area contributed by atoms with E-state index in [2.05, 4.69) is 33.2 Å². The van der Waals surface area contributed by atoms with Crippen LogP contribution in [0.5, 0.6) is 0 Å². The van der Waals surface area contributed by atoms with Crippen molar-refractivity contribution in [2.24, 2.45) is 0 Å². The molecule has 10 aromatic rings. The minimum atomic E-state index is -3.27. The number of furan rings is 1. The van der Waals surface area contributed by atoms with Gasteiger partial charge in [0.1, 0.15) is 11.4 Å². The van der Waals surface area contributed by atoms with Gasteiger partial charge >= 0.3 is 20.1 Å². The molecule has 0 spiro atoms. The van der Waals surface area contributed by atoms with Crippen LogP contribution in [0.3, 0.4) is 0 Å². The van der Waals surface area contributed by atoms with E-state index in [4.69, 9.17) is 15.4 Å². The Balaban J connectivity index is 0.00000846. The molecular formula is C58H43FIrN3O. The van der Waals surface area contributed by atoms with E-state index in [-0.39, 0.29) is 64.4 Å². The SMILES string of the molecule is [2H]c1cc2c(oc3c(-c4ccc(C([2H])([2H])C([2H])([2H])c5cc(C([2H])([2H])C([2H])([2H])c6ccc(-c7[c-]cccc7)nc6)cc(C([2H])([2H])C([2H])([2H])c6ccc(-c7[c-]cccc7)nc6)c5)cn4)[c-]ccc32)c(-c2c([2H])c([2H])c(C([2H])([2H])[2H])c([2H])c2[2H])c1F.[Ir+3]. The second-order valence-electron chi connectivity index (χ2n) is 14.1. The molecule has 4 aromatic heterocycles. The van der Waals surface area contributed by atoms with Crippen molar-refractivity contribution < 1.29 is 56.3 Å². The number of hydrogen-bond acceptors (Lipinski definition) is 4. The second kappa shape index (κ2) is 19.3. The number of pyridine rings is 3. The van der Waals surface area contributed by atoms with Crippen LogP contribution in [-0.4, -0.2) is 15.0 Å². The first-order chi connectivity index (χ1) is 38.8. The third-order valence-electron chi connectivity index (χ3n) is 9.86. The number of hydrogen-bond donors (Lipinski definition) is 0. The summed E-state index contributed by atoms with van der Waals surface area (Å²) in [6, 6.07) is 33.1. The van der Waals surface area contributed by atoms with Crippen LogP contribution >= 0.6 is 0 Å². The van der Waals surface area contributed by atoms with Crippen molar-refractivity contribution in [3.63, 3.8) is 0 Å². The number of benzene rings is 6. The molecule has 312 valence electrons. The maximum atomic E-state index is 16.2. The molecule has 6 heteroatoms. The summed E-state index contributed by atoms with van der Waals surface area (Å²) in [5.41, 5.74) is -3.52. The number of aryl methyl sites for hydroxylation is 6. The molecule has 6 aromatic carbocycles. The molecule has 0 radical (unpaired) electrons. The molecule has 64 heavy (non-hydrogen) atoms. The Hall–Kier alpha value is -6.85. The Labute approximate surface area is 415 Å². The molecule has 0 aliphatic carbocycles. The normalized spacial score (nSPS) is 17.3. The maximum Gasteiger partial charge on any atom is 3.00 e. The van der Waals surface area contributed by atoms with Gasteiger partial charge < -0.3 is 19.4 Å². The van der Waals surface area contributed by atoms with Gasteiger partial charge in [-0.05, 0) is 113 Å². The van der Waals surface area contributed by atoms with Crippen LogP contribution in [0.4, 0.5) is 4.39 Å². The van der Waals surface area contributed by atoms with Crippen molar-refractivity contribution in [3.05, 3.63) is 233 Å². The third-order valence-corrected chi connectivity index (χ3v) is 9.86. The van der Waals surface area contributed by atoms with Gasteiger partial charge in [0, 0.05) is 44.5 Å². The Morgan fingerprint density at radius 3 is 1.55 bits per heavy atom. The molecule has 0 bridgehead atoms. The summed E-state index contributed by atoms with van der Waals surface area (Å²) in [7, 11) is 0. The van der Waals surface area contributed by atoms with Gasteiger partial charge in [0.2, 0.25) is 0 Å². The molecule has 4 nitrogen and oxygen atoms in total. The van der Waals surface area contributed by atoms with Crippen molar-refractivity contribution in [2.75, 3.05) is 0 Å². The van der Waals surface area contributed by atoms with E-state index >= 15 is 4.39 Å². The Morgan fingerprint density at radius 2 is 1.06 bits per heavy atom. The minimum Gasteiger partial charge on any atom is -0.500 e. The van der Waals surface area contributed by atoms with Gasteiger partial charge in [0.15, 0.2) is 0 Å². The second-order valence-corrected chi connectivity index (χ2v) is 14.1. The fraction of sp³-hybridized carbons (Fsp3) is 0.121. The molecule has 0 unspecified atom stereocenters. The van der Waals surface area contributed by atoms with Crippen LogP contribution in [0.15, 0.2) is 175 Å². The molecule has 10 rings (SSSR count). The summed E-state index contributed by atoms with van der Waals surface area (Å²) < 4.78 is 201. The van der Waals surface area contributed by atoms with Gasteiger partial charge in [0.05, 0.1) is 18.0 Å². The summed E-state index contributed by atoms with van der Waals surface area (Å²) in [6.07, 6.45) is -15.5. The van der Waals surface area contributed by atoms with Gasteiger partial charge in [-0.2, -0.15) is 0 Å². The molecular weight excluding hydrogens is 966 g/mol. The number of rotatable bonds is 13. The molecule has 4 heterocycles. The van der Waals surface area contributed by atoms with Crippen molar-refractivity contribution in [1.29, 1.82) is 0 Å². The number of nitrogens with zero attached hydrogens (tertiary/aromatic N) is 3. The predicted molar refractivity (Wildman–Crippen MR) is 252 cm³/mol. The molecule has 0 saturated carbocycles. The third kappa shape index (κ3) is 9.40. The first-order valence-electron chi connectivity index (χ1n) is 29.5. The van der Waals surface area contributed by atoms with E-state index in [1.165, 1.54) is 48.5 Å². The maximum absolute atomic E-state index is 16.2. The fourth-order valence-corrected chi connectivity index (χ4v) is 6.82. The van der Waals surface area contributed by atoms with Crippen molar-refractivity contribution in [1.82, 2.24) is 15.0 Å². The number of aromatic nitrogens is 3. The quantitative estimate of drug-likeness (QED) is 0.108. The zero-order chi connectivity index (χ0) is 60.1. The average molecular weight is 1030 g/mol. The number of halogens is 1. The first kappa shape index (κ1) is 24.9. The van der Waals surface area contributed by atoms with Crippen LogP contribution in [0.25, 0.3) is 66.8 Å². The van der Waals surface area contributed by atoms with Crippen LogP contribution in [0.2, 0.25) is 0 Å². The van der Waals surface area contributed by atoms with Gasteiger partial charge in [-0.15, -0.1) is 90.0 Å². The fourth-order valence-electron chi connectivity index (χ4n) is 6.82. The Kier molecular flexibility index (Phi) is 7.48. The van der Waals surface area contributed by atoms with Crippen LogP contribution < -0.4 is 0 Å². The summed E-state index contributed by atoms with van der Waals surface area (Å²) in [5.74, 6) is -1.29. The predicted octanol–water partition coefficient (Wildman–Crippen LogP) is 13.6. The van der Waals surface area contributed by atoms with E-state index in [0.29, 0.717) is 22.5 Å². The van der Waals surface area contributed by atoms with E-state index in [0.717, 1.165) is 42.9 Å². The molecule has 0 N–H and O–H groups in total. The summed E-state index contributed by atoms with van der Waals surface area (Å²) >= 11 is 0. The van der Waals surface area contributed by atoms with E-state index in [1.54, 1.807) is 48.5 Å². The van der Waals surface area contributed by atoms with Gasteiger partial charge in [-0.1, -0.05) is 95.3 Å². The largest absolute Gasteiger partial charge is 3.00 e. The molecule has 0 fully saturated rings. The zero-order valence-corrected chi connectivity index (χ0v) is 35.6. The topological polar surface area (TPSA) is 51.8 Å². The van der Waals surface area contributed by atoms with E-state index in [9.17, 15) is 16.4 Å². The zero-order valence-electron chi connectivity index (χ0n) is 53.2.